The lowest BCUT2D eigenvalue weighted by atomic mass is 9.87. The molecule has 1 spiro atoms. The van der Waals surface area contributed by atoms with E-state index in [1.807, 2.05) is 37.3 Å². The zero-order valence-electron chi connectivity index (χ0n) is 23.6. The molecule has 1 amide bonds. The summed E-state index contributed by atoms with van der Waals surface area (Å²) in [6.45, 7) is 3.65. The fourth-order valence-corrected chi connectivity index (χ4v) is 5.53. The minimum Gasteiger partial charge on any atom is -0.442 e. The number of nitrogens with one attached hydrogen (secondary N) is 2. The van der Waals surface area contributed by atoms with Crippen LogP contribution in [0.4, 0.5) is 0 Å². The van der Waals surface area contributed by atoms with Crippen molar-refractivity contribution in [1.29, 1.82) is 0 Å². The number of unbranched alkanes of at least 4 members (excludes halogenated alkanes) is 2. The number of carbonyl (C=O) groups excluding carboxylic acids is 2. The van der Waals surface area contributed by atoms with Crippen LogP contribution in [0.3, 0.4) is 0 Å². The molecule has 1 saturated heterocycles. The number of aromatic nitrogens is 3. The van der Waals surface area contributed by atoms with Crippen LogP contribution in [0.15, 0.2) is 63.0 Å². The largest absolute Gasteiger partial charge is 0.442 e. The van der Waals surface area contributed by atoms with E-state index >= 15 is 0 Å². The maximum absolute atomic E-state index is 13.3. The molecule has 0 aliphatic carbocycles. The number of ketones is 1. The van der Waals surface area contributed by atoms with E-state index in [0.717, 1.165) is 60.9 Å². The average Bonchev–Trinajstić information content (AvgIpc) is 3.79. The first-order chi connectivity index (χ1) is 20.5. The fraction of sp³-hybridized carbons (Fsp3) is 0.419. The smallest absolute Gasteiger partial charge is 0.269 e. The third kappa shape index (κ3) is 6.25. The van der Waals surface area contributed by atoms with Gasteiger partial charge >= 0.3 is 0 Å². The number of carbonyl (C=O) groups is 2. The first-order valence-electron chi connectivity index (χ1n) is 14.5. The number of Topliss-reactive ketones (excluding diaryl/α,β-unsaturated/α-hetero) is 1. The zero-order chi connectivity index (χ0) is 28.9. The highest BCUT2D eigenvalue weighted by Crippen LogP contribution is 2.33. The summed E-state index contributed by atoms with van der Waals surface area (Å²) in [7, 11) is 0. The molecule has 42 heavy (non-hydrogen) atoms. The van der Waals surface area contributed by atoms with Crippen molar-refractivity contribution >= 4 is 28.3 Å². The molecule has 218 valence electrons. The van der Waals surface area contributed by atoms with Crippen LogP contribution in [0.1, 0.15) is 79.7 Å². The van der Waals surface area contributed by atoms with Gasteiger partial charge in [0.15, 0.2) is 5.76 Å². The second-order valence-corrected chi connectivity index (χ2v) is 11.0. The van der Waals surface area contributed by atoms with Crippen LogP contribution in [-0.2, 0) is 9.63 Å². The normalized spacial score (nSPS) is 16.7. The van der Waals surface area contributed by atoms with Crippen molar-refractivity contribution in [3.8, 4) is 11.3 Å². The van der Waals surface area contributed by atoms with Gasteiger partial charge in [-0.15, -0.1) is 0 Å². The van der Waals surface area contributed by atoms with Crippen LogP contribution in [0, 0.1) is 6.92 Å². The SMILES string of the molecule is Cc1ccc2cc(-c3cnc(C(CCCCCC(=O)c4ncco4)NC(=O)C4=NOC5(CCNCC5)C4)o3)ccc2n1. The Morgan fingerprint density at radius 3 is 2.81 bits per heavy atom. The van der Waals surface area contributed by atoms with Gasteiger partial charge in [-0.3, -0.25) is 14.6 Å². The number of hydrogen-bond acceptors (Lipinski definition) is 10. The number of aryl methyl sites for hydroxylation is 1. The summed E-state index contributed by atoms with van der Waals surface area (Å²) in [5.74, 6) is 0.777. The first-order valence-corrected chi connectivity index (χ1v) is 14.5. The van der Waals surface area contributed by atoms with Crippen molar-refractivity contribution in [1.82, 2.24) is 25.6 Å². The van der Waals surface area contributed by atoms with Crippen LogP contribution in [0.25, 0.3) is 22.2 Å². The second kappa shape index (κ2) is 12.2. The molecule has 2 N–H and O–H groups in total. The van der Waals surface area contributed by atoms with E-state index in [0.29, 0.717) is 43.0 Å². The molecule has 3 aromatic heterocycles. The lowest BCUT2D eigenvalue weighted by Crippen LogP contribution is -2.43. The van der Waals surface area contributed by atoms with Gasteiger partial charge in [0.05, 0.1) is 17.9 Å². The summed E-state index contributed by atoms with van der Waals surface area (Å²) >= 11 is 0. The number of oxazole rings is 2. The van der Waals surface area contributed by atoms with Crippen LogP contribution in [0.2, 0.25) is 0 Å². The number of hydrogen-bond donors (Lipinski definition) is 2. The topological polar surface area (TPSA) is 145 Å². The Morgan fingerprint density at radius 2 is 1.98 bits per heavy atom. The molecule has 6 rings (SSSR count). The van der Waals surface area contributed by atoms with Crippen molar-refractivity contribution in [2.45, 2.75) is 69.9 Å². The van der Waals surface area contributed by atoms with Crippen molar-refractivity contribution in [2.75, 3.05) is 13.1 Å². The predicted molar refractivity (Wildman–Crippen MR) is 155 cm³/mol. The Balaban J connectivity index is 1.14. The van der Waals surface area contributed by atoms with Gasteiger partial charge in [0.2, 0.25) is 11.7 Å². The number of fused-ring (bicyclic) bond motifs is 1. The van der Waals surface area contributed by atoms with Crippen molar-refractivity contribution in [2.24, 2.45) is 5.16 Å². The van der Waals surface area contributed by atoms with Gasteiger partial charge in [0.1, 0.15) is 23.6 Å². The maximum Gasteiger partial charge on any atom is 0.269 e. The highest BCUT2D eigenvalue weighted by molar-refractivity contribution is 6.39. The van der Waals surface area contributed by atoms with E-state index in [-0.39, 0.29) is 17.6 Å². The third-order valence-corrected chi connectivity index (χ3v) is 7.92. The molecule has 11 heteroatoms. The zero-order valence-corrected chi connectivity index (χ0v) is 23.6. The van der Waals surface area contributed by atoms with Gasteiger partial charge < -0.3 is 24.3 Å². The molecule has 1 fully saturated rings. The van der Waals surface area contributed by atoms with E-state index < -0.39 is 11.6 Å². The molecular weight excluding hydrogens is 536 g/mol. The number of oxime groups is 1. The Hall–Kier alpha value is -4.38. The molecule has 0 radical (unpaired) electrons. The van der Waals surface area contributed by atoms with Gasteiger partial charge in [0.25, 0.3) is 11.8 Å². The van der Waals surface area contributed by atoms with E-state index in [2.05, 4.69) is 30.7 Å². The second-order valence-electron chi connectivity index (χ2n) is 11.0. The average molecular weight is 571 g/mol. The molecule has 11 nitrogen and oxygen atoms in total. The lowest BCUT2D eigenvalue weighted by molar-refractivity contribution is -0.115. The lowest BCUT2D eigenvalue weighted by Gasteiger charge is -2.30. The summed E-state index contributed by atoms with van der Waals surface area (Å²) in [6, 6.07) is 9.49. The maximum atomic E-state index is 13.3. The molecular formula is C31H34N6O5. The molecule has 2 aliphatic rings. The molecule has 1 atom stereocenters. The Labute approximate surface area is 243 Å². The standard InChI is InChI=1S/C31H34N6O5/c1-20-7-8-21-17-22(9-10-23(21)35-20)27-19-34-29(41-27)24(5-3-2-4-6-26(38)30-33-15-16-40-30)36-28(39)25-18-31(42-37-25)11-13-32-14-12-31/h7-10,15-17,19,24,32H,2-6,11-14,18H2,1H3,(H,36,39). The van der Waals surface area contributed by atoms with Crippen molar-refractivity contribution in [3.05, 3.63) is 66.5 Å². The van der Waals surface area contributed by atoms with Crippen LogP contribution >= 0.6 is 0 Å². The summed E-state index contributed by atoms with van der Waals surface area (Å²) in [6.07, 6.45) is 9.81. The fourth-order valence-electron chi connectivity index (χ4n) is 5.53. The van der Waals surface area contributed by atoms with Crippen molar-refractivity contribution < 1.29 is 23.3 Å². The van der Waals surface area contributed by atoms with Crippen molar-refractivity contribution in [3.63, 3.8) is 0 Å². The Kier molecular flexibility index (Phi) is 8.09. The quantitative estimate of drug-likeness (QED) is 0.186. The number of amides is 1. The first kappa shape index (κ1) is 27.8. The molecule has 1 aromatic carbocycles. The number of benzene rings is 1. The van der Waals surface area contributed by atoms with Gasteiger partial charge in [-0.05, 0) is 57.1 Å². The minimum atomic E-state index is -0.467. The number of nitrogens with zero attached hydrogens (tertiary/aromatic N) is 4. The molecule has 4 aromatic rings. The summed E-state index contributed by atoms with van der Waals surface area (Å²) in [5.41, 5.74) is 2.74. The number of rotatable bonds is 11. The number of piperidine rings is 1. The summed E-state index contributed by atoms with van der Waals surface area (Å²) < 4.78 is 11.3. The van der Waals surface area contributed by atoms with E-state index in [1.54, 1.807) is 6.20 Å². The third-order valence-electron chi connectivity index (χ3n) is 7.92. The van der Waals surface area contributed by atoms with Crippen LogP contribution in [-0.4, -0.2) is 51.0 Å². The predicted octanol–water partition coefficient (Wildman–Crippen LogP) is 5.08. The summed E-state index contributed by atoms with van der Waals surface area (Å²) in [4.78, 5) is 44.4. The van der Waals surface area contributed by atoms with Gasteiger partial charge in [0, 0.05) is 42.3 Å². The molecule has 0 bridgehead atoms. The van der Waals surface area contributed by atoms with E-state index in [9.17, 15) is 9.59 Å². The molecule has 5 heterocycles. The van der Waals surface area contributed by atoms with Gasteiger partial charge in [-0.1, -0.05) is 24.1 Å². The monoisotopic (exact) mass is 570 g/mol. The minimum absolute atomic E-state index is 0.117. The van der Waals surface area contributed by atoms with E-state index in [1.165, 1.54) is 12.5 Å². The molecule has 0 saturated carbocycles. The van der Waals surface area contributed by atoms with Gasteiger partial charge in [-0.2, -0.15) is 0 Å². The highest BCUT2D eigenvalue weighted by Gasteiger charge is 2.42. The molecule has 1 unspecified atom stereocenters. The Bertz CT molecular complexity index is 1590. The Morgan fingerprint density at radius 1 is 1.10 bits per heavy atom. The van der Waals surface area contributed by atoms with Gasteiger partial charge in [-0.25, -0.2) is 9.97 Å². The van der Waals surface area contributed by atoms with Crippen LogP contribution < -0.4 is 10.6 Å². The van der Waals surface area contributed by atoms with Crippen LogP contribution in [0.5, 0.6) is 0 Å². The highest BCUT2D eigenvalue weighted by atomic mass is 16.7. The van der Waals surface area contributed by atoms with E-state index in [4.69, 9.17) is 13.7 Å². The molecule has 2 aliphatic heterocycles. The summed E-state index contributed by atoms with van der Waals surface area (Å²) in [5, 5.41) is 11.6. The number of pyridine rings is 1.